The van der Waals surface area contributed by atoms with Crippen LogP contribution in [-0.2, 0) is 4.79 Å². The van der Waals surface area contributed by atoms with E-state index in [4.69, 9.17) is 0 Å². The average Bonchev–Trinajstić information content (AvgIpc) is 2.37. The van der Waals surface area contributed by atoms with Gasteiger partial charge in [0.25, 0.3) is 5.91 Å². The summed E-state index contributed by atoms with van der Waals surface area (Å²) in [6.45, 7) is 3.64. The number of amides is 1. The smallest absolute Gasteiger partial charge is 0.251 e. The van der Waals surface area contributed by atoms with Crippen LogP contribution >= 0.6 is 0 Å². The molecule has 0 fully saturated rings. The highest BCUT2D eigenvalue weighted by molar-refractivity contribution is 5.91. The van der Waals surface area contributed by atoms with Gasteiger partial charge < -0.3 is 0 Å². The molecule has 0 N–H and O–H groups in total. The highest BCUT2D eigenvalue weighted by atomic mass is 16.2. The van der Waals surface area contributed by atoms with E-state index in [0.29, 0.717) is 0 Å². The Hall–Kier alpha value is -2.34. The molecule has 0 bridgehead atoms. The molecule has 3 nitrogen and oxygen atoms in total. The van der Waals surface area contributed by atoms with Crippen LogP contribution in [0.5, 0.6) is 0 Å². The van der Waals surface area contributed by atoms with Crippen molar-refractivity contribution in [2.24, 2.45) is 0 Å². The second-order valence-electron chi connectivity index (χ2n) is 4.15. The Morgan fingerprint density at radius 1 is 1.44 bits per heavy atom. The van der Waals surface area contributed by atoms with Crippen LogP contribution in [0.15, 0.2) is 42.1 Å². The van der Waals surface area contributed by atoms with Crippen molar-refractivity contribution < 1.29 is 4.79 Å². The summed E-state index contributed by atoms with van der Waals surface area (Å²) >= 11 is 0. The molecule has 0 saturated heterocycles. The third kappa shape index (κ3) is 1.93. The molecule has 90 valence electrons. The standard InChI is InChI=1S/C15H14N2O/c1-3-6-15(18)17-11(2)9-12-7-4-5-8-13(12)14(17)10-16/h3-9,14H,1-2H3/b6-3+. The van der Waals surface area contributed by atoms with E-state index in [2.05, 4.69) is 6.07 Å². The van der Waals surface area contributed by atoms with Crippen molar-refractivity contribution in [2.75, 3.05) is 0 Å². The minimum absolute atomic E-state index is 0.160. The molecule has 1 amide bonds. The highest BCUT2D eigenvalue weighted by Crippen LogP contribution is 2.33. The van der Waals surface area contributed by atoms with Crippen molar-refractivity contribution in [1.29, 1.82) is 5.26 Å². The van der Waals surface area contributed by atoms with Gasteiger partial charge >= 0.3 is 0 Å². The van der Waals surface area contributed by atoms with Gasteiger partial charge in [-0.25, -0.2) is 0 Å². The van der Waals surface area contributed by atoms with Gasteiger partial charge in [-0.05, 0) is 37.1 Å². The fourth-order valence-corrected chi connectivity index (χ4v) is 2.18. The van der Waals surface area contributed by atoms with Crippen molar-refractivity contribution in [1.82, 2.24) is 4.90 Å². The summed E-state index contributed by atoms with van der Waals surface area (Å²) in [6, 6.07) is 9.33. The fraction of sp³-hybridized carbons (Fsp3) is 0.200. The number of fused-ring (bicyclic) bond motifs is 1. The van der Waals surface area contributed by atoms with Crippen LogP contribution in [0, 0.1) is 11.3 Å². The Labute approximate surface area is 107 Å². The number of nitrogens with zero attached hydrogens (tertiary/aromatic N) is 2. The van der Waals surface area contributed by atoms with Crippen molar-refractivity contribution >= 4 is 12.0 Å². The van der Waals surface area contributed by atoms with Crippen molar-refractivity contribution in [2.45, 2.75) is 19.9 Å². The van der Waals surface area contributed by atoms with Gasteiger partial charge in [-0.2, -0.15) is 5.26 Å². The normalized spacial score (nSPS) is 18.2. The van der Waals surface area contributed by atoms with Crippen LogP contribution in [-0.4, -0.2) is 10.8 Å². The zero-order valence-corrected chi connectivity index (χ0v) is 10.4. The van der Waals surface area contributed by atoms with E-state index < -0.39 is 6.04 Å². The maximum atomic E-state index is 12.0. The predicted molar refractivity (Wildman–Crippen MR) is 70.1 cm³/mol. The topological polar surface area (TPSA) is 44.1 Å². The lowest BCUT2D eigenvalue weighted by Crippen LogP contribution is -2.33. The monoisotopic (exact) mass is 238 g/mol. The zero-order chi connectivity index (χ0) is 13.1. The largest absolute Gasteiger partial charge is 0.292 e. The summed E-state index contributed by atoms with van der Waals surface area (Å²) in [5.41, 5.74) is 2.68. The molecule has 0 spiro atoms. The third-order valence-corrected chi connectivity index (χ3v) is 2.96. The van der Waals surface area contributed by atoms with Gasteiger partial charge in [-0.1, -0.05) is 30.3 Å². The maximum Gasteiger partial charge on any atom is 0.251 e. The summed E-state index contributed by atoms with van der Waals surface area (Å²) in [4.78, 5) is 13.6. The average molecular weight is 238 g/mol. The molecular formula is C15H14N2O. The molecule has 1 aromatic rings. The molecule has 1 heterocycles. The molecule has 18 heavy (non-hydrogen) atoms. The minimum atomic E-state index is -0.546. The van der Waals surface area contributed by atoms with Crippen LogP contribution in [0.3, 0.4) is 0 Å². The molecule has 1 aliphatic rings. The second kappa shape index (κ2) is 4.89. The molecule has 0 radical (unpaired) electrons. The molecule has 3 heteroatoms. The van der Waals surface area contributed by atoms with E-state index in [1.165, 1.54) is 11.0 Å². The Balaban J connectivity index is 2.53. The van der Waals surface area contributed by atoms with Gasteiger partial charge in [-0.3, -0.25) is 9.69 Å². The Morgan fingerprint density at radius 2 is 2.17 bits per heavy atom. The summed E-state index contributed by atoms with van der Waals surface area (Å²) in [5, 5.41) is 9.35. The lowest BCUT2D eigenvalue weighted by atomic mass is 9.95. The molecule has 0 aromatic heterocycles. The first-order valence-electron chi connectivity index (χ1n) is 5.81. The SMILES string of the molecule is C/C=C/C(=O)N1C(C)=Cc2ccccc2C1C#N. The van der Waals surface area contributed by atoms with Crippen LogP contribution in [0.25, 0.3) is 6.08 Å². The van der Waals surface area contributed by atoms with Crippen LogP contribution in [0.1, 0.15) is 31.0 Å². The van der Waals surface area contributed by atoms with E-state index in [1.807, 2.05) is 37.3 Å². The van der Waals surface area contributed by atoms with Crippen LogP contribution in [0.2, 0.25) is 0 Å². The number of hydrogen-bond donors (Lipinski definition) is 0. The number of benzene rings is 1. The molecule has 1 aromatic carbocycles. The molecule has 1 unspecified atom stereocenters. The molecule has 1 aliphatic heterocycles. The minimum Gasteiger partial charge on any atom is -0.292 e. The van der Waals surface area contributed by atoms with E-state index in [1.54, 1.807) is 13.0 Å². The Morgan fingerprint density at radius 3 is 2.83 bits per heavy atom. The van der Waals surface area contributed by atoms with Gasteiger partial charge in [-0.15, -0.1) is 0 Å². The van der Waals surface area contributed by atoms with Crippen molar-refractivity contribution in [3.05, 3.63) is 53.2 Å². The van der Waals surface area contributed by atoms with E-state index in [0.717, 1.165) is 16.8 Å². The first kappa shape index (κ1) is 12.1. The first-order chi connectivity index (χ1) is 8.69. The quantitative estimate of drug-likeness (QED) is 0.706. The molecular weight excluding hydrogens is 224 g/mol. The highest BCUT2D eigenvalue weighted by Gasteiger charge is 2.29. The van der Waals surface area contributed by atoms with Gasteiger partial charge in [0.05, 0.1) is 6.07 Å². The number of rotatable bonds is 1. The van der Waals surface area contributed by atoms with Gasteiger partial charge in [0.15, 0.2) is 0 Å². The molecule has 2 rings (SSSR count). The van der Waals surface area contributed by atoms with Gasteiger partial charge in [0.1, 0.15) is 6.04 Å². The molecule has 1 atom stereocenters. The summed E-state index contributed by atoms with van der Waals surface area (Å²) in [7, 11) is 0. The van der Waals surface area contributed by atoms with E-state index in [-0.39, 0.29) is 5.91 Å². The Bertz CT molecular complexity index is 578. The lowest BCUT2D eigenvalue weighted by Gasteiger charge is -2.32. The maximum absolute atomic E-state index is 12.0. The Kier molecular flexibility index (Phi) is 3.29. The van der Waals surface area contributed by atoms with E-state index >= 15 is 0 Å². The second-order valence-corrected chi connectivity index (χ2v) is 4.15. The zero-order valence-electron chi connectivity index (χ0n) is 10.4. The third-order valence-electron chi connectivity index (χ3n) is 2.96. The summed E-state index contributed by atoms with van der Waals surface area (Å²) < 4.78 is 0. The van der Waals surface area contributed by atoms with Crippen molar-refractivity contribution in [3.63, 3.8) is 0 Å². The molecule has 0 saturated carbocycles. The molecule has 0 aliphatic carbocycles. The lowest BCUT2D eigenvalue weighted by molar-refractivity contribution is -0.125. The number of hydrogen-bond acceptors (Lipinski definition) is 2. The number of carbonyl (C=O) groups is 1. The van der Waals surface area contributed by atoms with Crippen LogP contribution in [0.4, 0.5) is 0 Å². The fourth-order valence-electron chi connectivity index (χ4n) is 2.18. The number of nitriles is 1. The number of allylic oxidation sites excluding steroid dienone is 2. The van der Waals surface area contributed by atoms with Gasteiger partial charge in [0.2, 0.25) is 0 Å². The van der Waals surface area contributed by atoms with Gasteiger partial charge in [0, 0.05) is 5.70 Å². The predicted octanol–water partition coefficient (Wildman–Crippen LogP) is 3.03. The van der Waals surface area contributed by atoms with Crippen LogP contribution < -0.4 is 0 Å². The van der Waals surface area contributed by atoms with Crippen molar-refractivity contribution in [3.8, 4) is 6.07 Å². The number of carbonyl (C=O) groups excluding carboxylic acids is 1. The first-order valence-corrected chi connectivity index (χ1v) is 5.81. The van der Waals surface area contributed by atoms with E-state index in [9.17, 15) is 10.1 Å². The summed E-state index contributed by atoms with van der Waals surface area (Å²) in [6.07, 6.45) is 5.10. The summed E-state index contributed by atoms with van der Waals surface area (Å²) in [5.74, 6) is -0.160.